The molecule has 0 radical (unpaired) electrons. The van der Waals surface area contributed by atoms with E-state index in [1.165, 1.54) is 0 Å². The Morgan fingerprint density at radius 2 is 1.93 bits per heavy atom. The molecule has 2 aliphatic rings. The van der Waals surface area contributed by atoms with E-state index in [4.69, 9.17) is 9.47 Å². The smallest absolute Gasteiger partial charge is 0.0545 e. The van der Waals surface area contributed by atoms with Crippen LogP contribution in [0.2, 0.25) is 0 Å². The molecular weight excluding hydrogens is 180 g/mol. The molecule has 1 N–H and O–H groups in total. The van der Waals surface area contributed by atoms with Crippen molar-refractivity contribution in [1.29, 1.82) is 0 Å². The van der Waals surface area contributed by atoms with Gasteiger partial charge in [-0.25, -0.2) is 0 Å². The van der Waals surface area contributed by atoms with Crippen molar-refractivity contribution in [2.75, 3.05) is 33.0 Å². The Kier molecular flexibility index (Phi) is 3.42. The molecule has 82 valence electrons. The normalized spacial score (nSPS) is 34.9. The summed E-state index contributed by atoms with van der Waals surface area (Å²) in [6.07, 6.45) is 4.46. The lowest BCUT2D eigenvalue weighted by Crippen LogP contribution is -2.31. The fraction of sp³-hybridized carbons (Fsp3) is 1.00. The predicted molar refractivity (Wildman–Crippen MR) is 53.1 cm³/mol. The molecule has 0 aliphatic carbocycles. The summed E-state index contributed by atoms with van der Waals surface area (Å²) >= 11 is 0. The van der Waals surface area contributed by atoms with Gasteiger partial charge in [0.15, 0.2) is 0 Å². The number of ether oxygens (including phenoxy) is 2. The number of aliphatic hydroxyl groups excluding tert-OH is 1. The number of rotatable bonds is 3. The molecule has 0 aromatic rings. The molecule has 0 spiro atoms. The van der Waals surface area contributed by atoms with E-state index in [2.05, 4.69) is 0 Å². The molecule has 2 rings (SSSR count). The minimum atomic E-state index is 0.0714. The third kappa shape index (κ3) is 2.27. The van der Waals surface area contributed by atoms with E-state index in [1.54, 1.807) is 0 Å². The van der Waals surface area contributed by atoms with Crippen molar-refractivity contribution in [3.63, 3.8) is 0 Å². The van der Waals surface area contributed by atoms with Gasteiger partial charge in [-0.2, -0.15) is 0 Å². The van der Waals surface area contributed by atoms with E-state index in [1.807, 2.05) is 0 Å². The van der Waals surface area contributed by atoms with Crippen LogP contribution < -0.4 is 0 Å². The quantitative estimate of drug-likeness (QED) is 0.744. The zero-order chi connectivity index (χ0) is 9.86. The highest BCUT2D eigenvalue weighted by Crippen LogP contribution is 2.37. The second kappa shape index (κ2) is 4.60. The van der Waals surface area contributed by atoms with Crippen LogP contribution in [0.5, 0.6) is 0 Å². The highest BCUT2D eigenvalue weighted by Gasteiger charge is 2.36. The van der Waals surface area contributed by atoms with Crippen LogP contribution >= 0.6 is 0 Å². The monoisotopic (exact) mass is 200 g/mol. The topological polar surface area (TPSA) is 38.7 Å². The molecule has 2 fully saturated rings. The fourth-order valence-corrected chi connectivity index (χ4v) is 2.56. The van der Waals surface area contributed by atoms with Gasteiger partial charge in [0.2, 0.25) is 0 Å². The van der Waals surface area contributed by atoms with Crippen molar-refractivity contribution in [2.45, 2.75) is 25.7 Å². The maximum absolute atomic E-state index is 9.44. The molecule has 1 atom stereocenters. The third-order valence-corrected chi connectivity index (χ3v) is 3.58. The lowest BCUT2D eigenvalue weighted by molar-refractivity contribution is 0.0244. The third-order valence-electron chi connectivity index (χ3n) is 3.58. The molecule has 2 saturated heterocycles. The largest absolute Gasteiger partial charge is 0.396 e. The minimum Gasteiger partial charge on any atom is -0.396 e. The molecule has 14 heavy (non-hydrogen) atoms. The number of hydrogen-bond donors (Lipinski definition) is 1. The molecule has 3 nitrogen and oxygen atoms in total. The summed E-state index contributed by atoms with van der Waals surface area (Å²) in [5, 5.41) is 9.44. The maximum atomic E-state index is 9.44. The van der Waals surface area contributed by atoms with Gasteiger partial charge in [0, 0.05) is 25.2 Å². The van der Waals surface area contributed by atoms with Crippen molar-refractivity contribution >= 4 is 0 Å². The summed E-state index contributed by atoms with van der Waals surface area (Å²) in [6, 6.07) is 0. The zero-order valence-corrected chi connectivity index (χ0v) is 8.71. The van der Waals surface area contributed by atoms with Crippen LogP contribution in [-0.4, -0.2) is 38.1 Å². The van der Waals surface area contributed by atoms with Crippen molar-refractivity contribution in [3.8, 4) is 0 Å². The van der Waals surface area contributed by atoms with E-state index in [0.29, 0.717) is 0 Å². The number of aliphatic hydroxyl groups is 1. The van der Waals surface area contributed by atoms with Crippen LogP contribution in [0.15, 0.2) is 0 Å². The van der Waals surface area contributed by atoms with E-state index >= 15 is 0 Å². The second-order valence-corrected chi connectivity index (χ2v) is 4.72. The van der Waals surface area contributed by atoms with Gasteiger partial charge >= 0.3 is 0 Å². The van der Waals surface area contributed by atoms with Gasteiger partial charge in [0.05, 0.1) is 13.2 Å². The van der Waals surface area contributed by atoms with Crippen LogP contribution in [0.1, 0.15) is 25.7 Å². The first-order valence-electron chi connectivity index (χ1n) is 5.61. The Bertz CT molecular complexity index is 169. The molecule has 0 amide bonds. The standard InChI is InChI=1S/C11H20O3/c12-8-11(3-6-14-9-11)7-10-1-4-13-5-2-10/h10,12H,1-9H2. The minimum absolute atomic E-state index is 0.0714. The van der Waals surface area contributed by atoms with Crippen LogP contribution in [0.25, 0.3) is 0 Å². The van der Waals surface area contributed by atoms with E-state index in [0.717, 1.165) is 58.0 Å². The van der Waals surface area contributed by atoms with Gasteiger partial charge < -0.3 is 14.6 Å². The van der Waals surface area contributed by atoms with Crippen molar-refractivity contribution < 1.29 is 14.6 Å². The molecule has 1 unspecified atom stereocenters. The Balaban J connectivity index is 1.86. The summed E-state index contributed by atoms with van der Waals surface area (Å²) in [4.78, 5) is 0. The molecule has 0 aromatic carbocycles. The summed E-state index contributed by atoms with van der Waals surface area (Å²) in [7, 11) is 0. The van der Waals surface area contributed by atoms with Crippen molar-refractivity contribution in [2.24, 2.45) is 11.3 Å². The molecular formula is C11H20O3. The van der Waals surface area contributed by atoms with Gasteiger partial charge in [-0.05, 0) is 31.6 Å². The fourth-order valence-electron chi connectivity index (χ4n) is 2.56. The zero-order valence-electron chi connectivity index (χ0n) is 8.71. The molecule has 0 bridgehead atoms. The van der Waals surface area contributed by atoms with Gasteiger partial charge in [-0.3, -0.25) is 0 Å². The second-order valence-electron chi connectivity index (χ2n) is 4.72. The van der Waals surface area contributed by atoms with Crippen LogP contribution in [-0.2, 0) is 9.47 Å². The van der Waals surface area contributed by atoms with E-state index in [9.17, 15) is 5.11 Å². The van der Waals surface area contributed by atoms with Crippen LogP contribution in [0.4, 0.5) is 0 Å². The predicted octanol–water partition coefficient (Wildman–Crippen LogP) is 1.20. The molecule has 2 heterocycles. The Labute approximate surface area is 85.4 Å². The van der Waals surface area contributed by atoms with Gasteiger partial charge in [-0.15, -0.1) is 0 Å². The first-order valence-corrected chi connectivity index (χ1v) is 5.61. The summed E-state index contributed by atoms with van der Waals surface area (Å²) in [5.74, 6) is 0.734. The average Bonchev–Trinajstić information content (AvgIpc) is 2.69. The molecule has 0 aromatic heterocycles. The summed E-state index contributed by atoms with van der Waals surface area (Å²) < 4.78 is 10.7. The van der Waals surface area contributed by atoms with Gasteiger partial charge in [-0.1, -0.05) is 0 Å². The first kappa shape index (κ1) is 10.4. The Hall–Kier alpha value is -0.120. The van der Waals surface area contributed by atoms with Gasteiger partial charge in [0.1, 0.15) is 0 Å². The van der Waals surface area contributed by atoms with Crippen LogP contribution in [0, 0.1) is 11.3 Å². The summed E-state index contributed by atoms with van der Waals surface area (Å²) in [6.45, 7) is 3.65. The van der Waals surface area contributed by atoms with Gasteiger partial charge in [0.25, 0.3) is 0 Å². The SMILES string of the molecule is OCC1(CC2CCOCC2)CCOC1. The highest BCUT2D eigenvalue weighted by molar-refractivity contribution is 4.85. The Morgan fingerprint density at radius 3 is 2.50 bits per heavy atom. The molecule has 2 aliphatic heterocycles. The Morgan fingerprint density at radius 1 is 1.14 bits per heavy atom. The van der Waals surface area contributed by atoms with Crippen molar-refractivity contribution in [3.05, 3.63) is 0 Å². The van der Waals surface area contributed by atoms with E-state index in [-0.39, 0.29) is 12.0 Å². The first-order chi connectivity index (χ1) is 6.85. The summed E-state index contributed by atoms with van der Waals surface area (Å²) in [5.41, 5.74) is 0.0714. The lowest BCUT2D eigenvalue weighted by Gasteiger charge is -2.31. The van der Waals surface area contributed by atoms with E-state index < -0.39 is 0 Å². The molecule has 0 saturated carbocycles. The number of hydrogen-bond acceptors (Lipinski definition) is 3. The maximum Gasteiger partial charge on any atom is 0.0545 e. The van der Waals surface area contributed by atoms with Crippen LogP contribution in [0.3, 0.4) is 0 Å². The average molecular weight is 200 g/mol. The molecule has 3 heteroatoms. The van der Waals surface area contributed by atoms with Crippen molar-refractivity contribution in [1.82, 2.24) is 0 Å². The highest BCUT2D eigenvalue weighted by atomic mass is 16.5. The lowest BCUT2D eigenvalue weighted by atomic mass is 9.77.